The molecule has 0 amide bonds. The highest BCUT2D eigenvalue weighted by atomic mass is 32.1. The topological polar surface area (TPSA) is 105 Å². The molecule has 3 heterocycles. The highest BCUT2D eigenvalue weighted by molar-refractivity contribution is 7.16. The summed E-state index contributed by atoms with van der Waals surface area (Å²) in [4.78, 5) is 16.4. The molecule has 1 aliphatic heterocycles. The van der Waals surface area contributed by atoms with Crippen LogP contribution in [0.1, 0.15) is 31.5 Å². The second-order valence-corrected chi connectivity index (χ2v) is 8.13. The monoisotopic (exact) mass is 406 g/mol. The number of aryl methyl sites for hydroxylation is 1. The molecule has 2 aromatic heterocycles. The van der Waals surface area contributed by atoms with E-state index in [0.29, 0.717) is 38.1 Å². The average molecular weight is 407 g/mol. The SMILES string of the molecule is CCc1ccc(NN=Cc2nc(OCC(C)(C)O)nc(N3CCOCC3)n2)s1. The maximum absolute atomic E-state index is 9.90. The van der Waals surface area contributed by atoms with Crippen LogP contribution >= 0.6 is 11.3 Å². The third-order valence-electron chi connectivity index (χ3n) is 3.83. The molecule has 0 bridgehead atoms. The molecule has 0 saturated carbocycles. The zero-order valence-corrected chi connectivity index (χ0v) is 17.2. The zero-order chi connectivity index (χ0) is 20.0. The van der Waals surface area contributed by atoms with Gasteiger partial charge in [-0.15, -0.1) is 11.3 Å². The summed E-state index contributed by atoms with van der Waals surface area (Å²) in [5, 5.41) is 15.1. The van der Waals surface area contributed by atoms with Gasteiger partial charge in [0.05, 0.1) is 25.0 Å². The van der Waals surface area contributed by atoms with Gasteiger partial charge in [0.15, 0.2) is 5.82 Å². The summed E-state index contributed by atoms with van der Waals surface area (Å²) >= 11 is 1.66. The lowest BCUT2D eigenvalue weighted by Crippen LogP contribution is -2.37. The van der Waals surface area contributed by atoms with Crippen LogP contribution in [-0.2, 0) is 11.2 Å². The molecular weight excluding hydrogens is 380 g/mol. The largest absolute Gasteiger partial charge is 0.460 e. The van der Waals surface area contributed by atoms with Gasteiger partial charge in [-0.25, -0.2) is 0 Å². The Balaban J connectivity index is 1.76. The summed E-state index contributed by atoms with van der Waals surface area (Å²) in [5.41, 5.74) is 2.01. The van der Waals surface area contributed by atoms with Crippen molar-refractivity contribution in [3.05, 3.63) is 22.8 Å². The molecule has 0 radical (unpaired) electrons. The number of morpholine rings is 1. The van der Waals surface area contributed by atoms with Gasteiger partial charge in [-0.2, -0.15) is 20.1 Å². The van der Waals surface area contributed by atoms with Crippen LogP contribution in [0.25, 0.3) is 0 Å². The van der Waals surface area contributed by atoms with E-state index in [2.05, 4.69) is 38.5 Å². The van der Waals surface area contributed by atoms with Crippen molar-refractivity contribution in [2.24, 2.45) is 5.10 Å². The molecule has 0 atom stereocenters. The van der Waals surface area contributed by atoms with Crippen LogP contribution in [0.5, 0.6) is 6.01 Å². The lowest BCUT2D eigenvalue weighted by Gasteiger charge is -2.27. The van der Waals surface area contributed by atoms with Crippen LogP contribution in [0.2, 0.25) is 0 Å². The lowest BCUT2D eigenvalue weighted by molar-refractivity contribution is 0.0249. The van der Waals surface area contributed by atoms with Gasteiger partial charge in [-0.3, -0.25) is 5.43 Å². The van der Waals surface area contributed by atoms with Crippen molar-refractivity contribution in [1.29, 1.82) is 0 Å². The first kappa shape index (κ1) is 20.4. The smallest absolute Gasteiger partial charge is 0.321 e. The van der Waals surface area contributed by atoms with E-state index < -0.39 is 5.60 Å². The Morgan fingerprint density at radius 2 is 2.11 bits per heavy atom. The van der Waals surface area contributed by atoms with E-state index in [0.717, 1.165) is 11.4 Å². The molecule has 0 spiro atoms. The van der Waals surface area contributed by atoms with Crippen molar-refractivity contribution in [2.75, 3.05) is 43.2 Å². The first-order valence-electron chi connectivity index (χ1n) is 9.25. The number of hydrazone groups is 1. The summed E-state index contributed by atoms with van der Waals surface area (Å²) in [6, 6.07) is 4.22. The van der Waals surface area contributed by atoms with E-state index in [1.54, 1.807) is 25.2 Å². The average Bonchev–Trinajstić information content (AvgIpc) is 3.14. The molecule has 1 aliphatic rings. The third-order valence-corrected chi connectivity index (χ3v) is 4.97. The highest BCUT2D eigenvalue weighted by Crippen LogP contribution is 2.22. The van der Waals surface area contributed by atoms with E-state index in [1.807, 2.05) is 11.0 Å². The van der Waals surface area contributed by atoms with Gasteiger partial charge < -0.3 is 19.5 Å². The molecule has 2 N–H and O–H groups in total. The van der Waals surface area contributed by atoms with Gasteiger partial charge in [0.25, 0.3) is 0 Å². The molecule has 0 unspecified atom stereocenters. The fourth-order valence-corrected chi connectivity index (χ4v) is 3.21. The van der Waals surface area contributed by atoms with Crippen LogP contribution in [0, 0.1) is 0 Å². The second-order valence-electron chi connectivity index (χ2n) is 6.97. The predicted molar refractivity (Wildman–Crippen MR) is 110 cm³/mol. The minimum atomic E-state index is -0.988. The molecular formula is C18H26N6O3S. The zero-order valence-electron chi connectivity index (χ0n) is 16.4. The number of rotatable bonds is 8. The number of aliphatic hydroxyl groups is 1. The summed E-state index contributed by atoms with van der Waals surface area (Å²) in [6.45, 7) is 8.14. The molecule has 28 heavy (non-hydrogen) atoms. The van der Waals surface area contributed by atoms with E-state index in [1.165, 1.54) is 11.1 Å². The van der Waals surface area contributed by atoms with Crippen molar-refractivity contribution in [3.8, 4) is 6.01 Å². The van der Waals surface area contributed by atoms with Crippen molar-refractivity contribution in [1.82, 2.24) is 15.0 Å². The minimum absolute atomic E-state index is 0.0728. The van der Waals surface area contributed by atoms with E-state index in [4.69, 9.17) is 9.47 Å². The van der Waals surface area contributed by atoms with Crippen molar-refractivity contribution >= 4 is 28.5 Å². The normalized spacial score (nSPS) is 15.2. The summed E-state index contributed by atoms with van der Waals surface area (Å²) in [7, 11) is 0. The van der Waals surface area contributed by atoms with Crippen LogP contribution < -0.4 is 15.1 Å². The quantitative estimate of drug-likeness (QED) is 0.506. The summed E-state index contributed by atoms with van der Waals surface area (Å²) < 4.78 is 11.0. The fraction of sp³-hybridized carbons (Fsp3) is 0.556. The van der Waals surface area contributed by atoms with Crippen molar-refractivity contribution < 1.29 is 14.6 Å². The Labute approximate surface area is 168 Å². The second kappa shape index (κ2) is 9.26. The van der Waals surface area contributed by atoms with Gasteiger partial charge >= 0.3 is 6.01 Å². The first-order valence-corrected chi connectivity index (χ1v) is 10.1. The van der Waals surface area contributed by atoms with Crippen LogP contribution in [0.3, 0.4) is 0 Å². The van der Waals surface area contributed by atoms with Crippen molar-refractivity contribution in [3.63, 3.8) is 0 Å². The number of hydrogen-bond acceptors (Lipinski definition) is 10. The number of ether oxygens (including phenoxy) is 2. The van der Waals surface area contributed by atoms with E-state index in [9.17, 15) is 5.11 Å². The predicted octanol–water partition coefficient (Wildman–Crippen LogP) is 1.93. The standard InChI is InChI=1S/C18H26N6O3S/c1-4-13-5-6-15(28-13)23-19-11-14-20-16(24-7-9-26-10-8-24)22-17(21-14)27-12-18(2,3)25/h5-6,11,23,25H,4,7-10,12H2,1-3H3. The maximum Gasteiger partial charge on any atom is 0.321 e. The fourth-order valence-electron chi connectivity index (χ4n) is 2.41. The van der Waals surface area contributed by atoms with Gasteiger partial charge in [-0.1, -0.05) is 6.92 Å². The molecule has 0 aliphatic carbocycles. The van der Waals surface area contributed by atoms with Crippen LogP contribution in [-0.4, -0.2) is 64.8 Å². The van der Waals surface area contributed by atoms with E-state index >= 15 is 0 Å². The van der Waals surface area contributed by atoms with Crippen molar-refractivity contribution in [2.45, 2.75) is 32.8 Å². The molecule has 9 nitrogen and oxygen atoms in total. The maximum atomic E-state index is 9.90. The number of thiophene rings is 1. The van der Waals surface area contributed by atoms with Gasteiger partial charge in [0.2, 0.25) is 5.95 Å². The Morgan fingerprint density at radius 1 is 1.32 bits per heavy atom. The summed E-state index contributed by atoms with van der Waals surface area (Å²) in [5.74, 6) is 0.886. The van der Waals surface area contributed by atoms with Gasteiger partial charge in [0.1, 0.15) is 11.6 Å². The first-order chi connectivity index (χ1) is 13.4. The Hall–Kier alpha value is -2.30. The number of nitrogens with zero attached hydrogens (tertiary/aromatic N) is 5. The van der Waals surface area contributed by atoms with E-state index in [-0.39, 0.29) is 12.6 Å². The molecule has 2 aromatic rings. The minimum Gasteiger partial charge on any atom is -0.460 e. The number of anilines is 2. The van der Waals surface area contributed by atoms with Gasteiger partial charge in [0, 0.05) is 18.0 Å². The Kier molecular flexibility index (Phi) is 6.76. The van der Waals surface area contributed by atoms with Crippen LogP contribution in [0.4, 0.5) is 10.9 Å². The Morgan fingerprint density at radius 3 is 2.79 bits per heavy atom. The van der Waals surface area contributed by atoms with Gasteiger partial charge in [-0.05, 0) is 32.4 Å². The lowest BCUT2D eigenvalue weighted by atomic mass is 10.2. The molecule has 152 valence electrons. The third kappa shape index (κ3) is 6.11. The molecule has 10 heteroatoms. The van der Waals surface area contributed by atoms with Crippen LogP contribution in [0.15, 0.2) is 17.2 Å². The summed E-state index contributed by atoms with van der Waals surface area (Å²) in [6.07, 6.45) is 2.53. The highest BCUT2D eigenvalue weighted by Gasteiger charge is 2.19. The molecule has 1 saturated heterocycles. The number of hydrogen-bond donors (Lipinski definition) is 2. The number of nitrogens with one attached hydrogen (secondary N) is 1. The Bertz CT molecular complexity index is 799. The molecule has 3 rings (SSSR count). The number of aromatic nitrogens is 3. The molecule has 0 aromatic carbocycles. The molecule has 1 fully saturated rings.